The molecule has 0 aliphatic heterocycles. The molecule has 2 aromatic rings. The molecule has 0 N–H and O–H groups in total. The highest BCUT2D eigenvalue weighted by Crippen LogP contribution is 2.18. The molecule has 0 fully saturated rings. The van der Waals surface area contributed by atoms with E-state index in [1.165, 1.54) is 5.56 Å². The Balaban J connectivity index is 2.49. The highest BCUT2D eigenvalue weighted by Gasteiger charge is 2.05. The summed E-state index contributed by atoms with van der Waals surface area (Å²) in [4.78, 5) is 12.9. The van der Waals surface area contributed by atoms with Crippen molar-refractivity contribution in [2.45, 2.75) is 20.3 Å². The van der Waals surface area contributed by atoms with E-state index in [4.69, 9.17) is 0 Å². The van der Waals surface area contributed by atoms with E-state index in [1.807, 2.05) is 13.0 Å². The summed E-state index contributed by atoms with van der Waals surface area (Å²) >= 11 is 0. The number of hydrogen-bond acceptors (Lipinski definition) is 3. The van der Waals surface area contributed by atoms with Crippen LogP contribution in [0.2, 0.25) is 0 Å². The molecule has 15 heavy (non-hydrogen) atoms. The maximum absolute atomic E-state index is 4.35. The Morgan fingerprint density at radius 3 is 2.67 bits per heavy atom. The van der Waals surface area contributed by atoms with Crippen molar-refractivity contribution in [1.29, 1.82) is 0 Å². The lowest BCUT2D eigenvalue weighted by molar-refractivity contribution is 1.07. The fourth-order valence-electron chi connectivity index (χ4n) is 1.47. The van der Waals surface area contributed by atoms with Gasteiger partial charge in [-0.25, -0.2) is 0 Å². The minimum absolute atomic E-state index is 0.845. The van der Waals surface area contributed by atoms with Crippen molar-refractivity contribution in [3.05, 3.63) is 42.0 Å². The Morgan fingerprint density at radius 1 is 1.13 bits per heavy atom. The summed E-state index contributed by atoms with van der Waals surface area (Å²) in [5.74, 6) is 0. The van der Waals surface area contributed by atoms with Gasteiger partial charge in [0, 0.05) is 12.4 Å². The van der Waals surface area contributed by atoms with Crippen LogP contribution in [-0.4, -0.2) is 15.0 Å². The van der Waals surface area contributed by atoms with Gasteiger partial charge in [0.25, 0.3) is 0 Å². The van der Waals surface area contributed by atoms with Crippen LogP contribution < -0.4 is 0 Å². The molecule has 0 aliphatic rings. The summed E-state index contributed by atoms with van der Waals surface area (Å²) in [7, 11) is 0. The minimum atomic E-state index is 0.845. The van der Waals surface area contributed by atoms with Crippen molar-refractivity contribution in [1.82, 2.24) is 15.0 Å². The van der Waals surface area contributed by atoms with Crippen LogP contribution in [0.15, 0.2) is 30.7 Å². The first-order chi connectivity index (χ1) is 7.31. The Bertz CT molecular complexity index is 449. The van der Waals surface area contributed by atoms with Gasteiger partial charge in [0.05, 0.1) is 17.6 Å². The van der Waals surface area contributed by atoms with Crippen LogP contribution in [-0.2, 0) is 6.42 Å². The quantitative estimate of drug-likeness (QED) is 0.745. The molecule has 3 heteroatoms. The maximum Gasteiger partial charge on any atom is 0.107 e. The molecule has 0 atom stereocenters. The maximum atomic E-state index is 4.35. The van der Waals surface area contributed by atoms with Gasteiger partial charge in [-0.2, -0.15) is 0 Å². The molecule has 0 saturated carbocycles. The normalized spacial score (nSPS) is 10.3. The average molecular weight is 199 g/mol. The minimum Gasteiger partial charge on any atom is -0.258 e. The largest absolute Gasteiger partial charge is 0.258 e. The fourth-order valence-corrected chi connectivity index (χ4v) is 1.47. The van der Waals surface area contributed by atoms with Crippen molar-refractivity contribution in [2.75, 3.05) is 0 Å². The number of hydrogen-bond donors (Lipinski definition) is 0. The molecule has 76 valence electrons. The predicted octanol–water partition coefficient (Wildman–Crippen LogP) is 2.41. The average Bonchev–Trinajstić information content (AvgIpc) is 2.30. The van der Waals surface area contributed by atoms with Gasteiger partial charge in [-0.3, -0.25) is 15.0 Å². The molecule has 0 bridgehead atoms. The number of aromatic nitrogens is 3. The second-order valence-corrected chi connectivity index (χ2v) is 3.41. The van der Waals surface area contributed by atoms with E-state index in [0.717, 1.165) is 23.5 Å². The van der Waals surface area contributed by atoms with Crippen molar-refractivity contribution in [3.8, 4) is 11.4 Å². The zero-order valence-corrected chi connectivity index (χ0v) is 8.94. The van der Waals surface area contributed by atoms with Crippen molar-refractivity contribution in [2.24, 2.45) is 0 Å². The summed E-state index contributed by atoms with van der Waals surface area (Å²) in [5.41, 5.74) is 3.91. The van der Waals surface area contributed by atoms with Gasteiger partial charge in [-0.1, -0.05) is 13.0 Å². The van der Waals surface area contributed by atoms with E-state index in [1.54, 1.807) is 18.6 Å². The fraction of sp³-hybridized carbons (Fsp3) is 0.250. The van der Waals surface area contributed by atoms with Crippen LogP contribution in [0, 0.1) is 6.92 Å². The highest BCUT2D eigenvalue weighted by molar-refractivity contribution is 5.57. The number of rotatable bonds is 2. The van der Waals surface area contributed by atoms with E-state index < -0.39 is 0 Å². The van der Waals surface area contributed by atoms with Gasteiger partial charge >= 0.3 is 0 Å². The topological polar surface area (TPSA) is 38.7 Å². The van der Waals surface area contributed by atoms with Gasteiger partial charge < -0.3 is 0 Å². The highest BCUT2D eigenvalue weighted by atomic mass is 14.8. The first-order valence-corrected chi connectivity index (χ1v) is 5.04. The Labute approximate surface area is 89.2 Å². The monoisotopic (exact) mass is 199 g/mol. The van der Waals surface area contributed by atoms with E-state index in [0.29, 0.717) is 0 Å². The summed E-state index contributed by atoms with van der Waals surface area (Å²) in [6, 6.07) is 4.02. The molecule has 0 amide bonds. The lowest BCUT2D eigenvalue weighted by Gasteiger charge is -2.04. The molecular formula is C12H13N3. The van der Waals surface area contributed by atoms with Crippen LogP contribution in [0.4, 0.5) is 0 Å². The Hall–Kier alpha value is -1.77. The first kappa shape index (κ1) is 9.77. The molecule has 0 spiro atoms. The third kappa shape index (κ3) is 2.01. The number of pyridine rings is 1. The van der Waals surface area contributed by atoms with E-state index in [-0.39, 0.29) is 0 Å². The molecule has 0 radical (unpaired) electrons. The third-order valence-corrected chi connectivity index (χ3v) is 2.30. The van der Waals surface area contributed by atoms with Crippen molar-refractivity contribution < 1.29 is 0 Å². The van der Waals surface area contributed by atoms with Gasteiger partial charge in [0.1, 0.15) is 5.69 Å². The standard InChI is InChI=1S/C12H13N3/c1-3-10-5-4-6-13-12(10)11-8-14-9(2)7-15-11/h4-8H,3H2,1-2H3. The van der Waals surface area contributed by atoms with Gasteiger partial charge in [-0.05, 0) is 25.0 Å². The predicted molar refractivity (Wildman–Crippen MR) is 59.4 cm³/mol. The van der Waals surface area contributed by atoms with Crippen molar-refractivity contribution in [3.63, 3.8) is 0 Å². The van der Waals surface area contributed by atoms with Crippen LogP contribution in [0.3, 0.4) is 0 Å². The van der Waals surface area contributed by atoms with Gasteiger partial charge in [-0.15, -0.1) is 0 Å². The van der Waals surface area contributed by atoms with Crippen LogP contribution in [0.1, 0.15) is 18.2 Å². The molecule has 0 aliphatic carbocycles. The van der Waals surface area contributed by atoms with E-state index in [9.17, 15) is 0 Å². The lowest BCUT2D eigenvalue weighted by atomic mass is 10.1. The zero-order valence-electron chi connectivity index (χ0n) is 8.94. The van der Waals surface area contributed by atoms with Crippen molar-refractivity contribution >= 4 is 0 Å². The molecule has 0 unspecified atom stereocenters. The second kappa shape index (κ2) is 4.17. The molecule has 2 rings (SSSR count). The molecular weight excluding hydrogens is 186 g/mol. The molecule has 0 aromatic carbocycles. The SMILES string of the molecule is CCc1cccnc1-c1cnc(C)cn1. The zero-order chi connectivity index (χ0) is 10.7. The lowest BCUT2D eigenvalue weighted by Crippen LogP contribution is -1.94. The van der Waals surface area contributed by atoms with E-state index in [2.05, 4.69) is 27.9 Å². The Kier molecular flexibility index (Phi) is 2.72. The molecule has 2 heterocycles. The van der Waals surface area contributed by atoms with Crippen LogP contribution in [0.25, 0.3) is 11.4 Å². The number of aryl methyl sites for hydroxylation is 2. The Morgan fingerprint density at radius 2 is 2.00 bits per heavy atom. The summed E-state index contributed by atoms with van der Waals surface area (Å²) in [6.07, 6.45) is 6.29. The van der Waals surface area contributed by atoms with Crippen LogP contribution in [0.5, 0.6) is 0 Å². The summed E-state index contributed by atoms with van der Waals surface area (Å²) in [5, 5.41) is 0. The molecule has 2 aromatic heterocycles. The second-order valence-electron chi connectivity index (χ2n) is 3.41. The van der Waals surface area contributed by atoms with Gasteiger partial charge in [0.2, 0.25) is 0 Å². The smallest absolute Gasteiger partial charge is 0.107 e. The third-order valence-electron chi connectivity index (χ3n) is 2.30. The number of nitrogens with zero attached hydrogens (tertiary/aromatic N) is 3. The molecule has 3 nitrogen and oxygen atoms in total. The van der Waals surface area contributed by atoms with Gasteiger partial charge in [0.15, 0.2) is 0 Å². The summed E-state index contributed by atoms with van der Waals surface area (Å²) in [6.45, 7) is 4.04. The van der Waals surface area contributed by atoms with E-state index >= 15 is 0 Å². The first-order valence-electron chi connectivity index (χ1n) is 5.04. The molecule has 0 saturated heterocycles. The summed E-state index contributed by atoms with van der Waals surface area (Å²) < 4.78 is 0. The van der Waals surface area contributed by atoms with Crippen LogP contribution >= 0.6 is 0 Å².